The highest BCUT2D eigenvalue weighted by atomic mass is 32.2. The van der Waals surface area contributed by atoms with Crippen molar-refractivity contribution in [1.29, 1.82) is 0 Å². The molecule has 1 saturated heterocycles. The van der Waals surface area contributed by atoms with Gasteiger partial charge in [-0.25, -0.2) is 27.0 Å². The Morgan fingerprint density at radius 2 is 1.88 bits per heavy atom. The Morgan fingerprint density at radius 1 is 1.21 bits per heavy atom. The molecule has 0 saturated carbocycles. The Bertz CT molecular complexity index is 1460. The summed E-state index contributed by atoms with van der Waals surface area (Å²) in [6.45, 7) is 7.01. The van der Waals surface area contributed by atoms with Gasteiger partial charge in [0.2, 0.25) is 5.88 Å². The molecule has 1 aliphatic heterocycles. The molecule has 3 aromatic rings. The third-order valence-corrected chi connectivity index (χ3v) is 7.71. The second-order valence-electron chi connectivity index (χ2n) is 8.86. The molecule has 4 rings (SSSR count). The van der Waals surface area contributed by atoms with Crippen LogP contribution < -0.4 is 15.7 Å². The number of carbonyl (C=O) groups excluding carboxylic acids is 1. The molecule has 9 nitrogen and oxygen atoms in total. The van der Waals surface area contributed by atoms with Gasteiger partial charge in [0.15, 0.2) is 15.7 Å². The number of hydrogen-bond acceptors (Lipinski definition) is 6. The van der Waals surface area contributed by atoms with E-state index in [9.17, 15) is 22.4 Å². The molecule has 0 radical (unpaired) electrons. The number of carbonyl (C=O) groups is 1. The Morgan fingerprint density at radius 3 is 2.47 bits per heavy atom. The van der Waals surface area contributed by atoms with Crippen molar-refractivity contribution in [1.82, 2.24) is 19.4 Å². The first-order valence-corrected chi connectivity index (χ1v) is 12.5. The standard InChI is InChI=1S/C22H24F2N4O5S/c1-5-33-19-8-16(15(24)9-25-19)28-18-7-14(23)13(6-17(18)27(12(2)3)21(28)30)20(29)26-22(4)10-34(31,32)11-22/h6-9,12H,5,10-11H2,1-4H3,(H,26,29). The van der Waals surface area contributed by atoms with Crippen LogP contribution >= 0.6 is 0 Å². The second-order valence-corrected chi connectivity index (χ2v) is 10.9. The Balaban J connectivity index is 1.88. The summed E-state index contributed by atoms with van der Waals surface area (Å²) < 4.78 is 60.6. The molecule has 1 fully saturated rings. The summed E-state index contributed by atoms with van der Waals surface area (Å²) in [6.07, 6.45) is 0.914. The number of halogens is 2. The molecule has 182 valence electrons. The van der Waals surface area contributed by atoms with Crippen LogP contribution in [-0.2, 0) is 9.84 Å². The minimum Gasteiger partial charge on any atom is -0.478 e. The SMILES string of the molecule is CCOc1cc(-n2c(=O)n(C(C)C)c3cc(C(=O)NC4(C)CS(=O)(=O)C4)c(F)cc32)c(F)cn1. The van der Waals surface area contributed by atoms with Crippen molar-refractivity contribution >= 4 is 26.8 Å². The normalized spacial score (nSPS) is 16.4. The van der Waals surface area contributed by atoms with E-state index in [0.717, 1.165) is 16.8 Å². The van der Waals surface area contributed by atoms with E-state index in [1.165, 1.54) is 16.7 Å². The summed E-state index contributed by atoms with van der Waals surface area (Å²) in [6, 6.07) is 3.06. The van der Waals surface area contributed by atoms with Crippen LogP contribution in [0.2, 0.25) is 0 Å². The fourth-order valence-corrected chi connectivity index (χ4v) is 6.29. The predicted octanol–water partition coefficient (Wildman–Crippen LogP) is 2.36. The monoisotopic (exact) mass is 494 g/mol. The zero-order valence-electron chi connectivity index (χ0n) is 19.1. The lowest BCUT2D eigenvalue weighted by Gasteiger charge is -2.38. The smallest absolute Gasteiger partial charge is 0.334 e. The summed E-state index contributed by atoms with van der Waals surface area (Å²) in [7, 11) is -3.23. The fraction of sp³-hybridized carbons (Fsp3) is 0.409. The third kappa shape index (κ3) is 4.06. The van der Waals surface area contributed by atoms with Crippen LogP contribution in [0.1, 0.15) is 44.1 Å². The van der Waals surface area contributed by atoms with Gasteiger partial charge in [-0.15, -0.1) is 0 Å². The van der Waals surface area contributed by atoms with E-state index in [0.29, 0.717) is 0 Å². The number of pyridine rings is 1. The molecule has 2 aromatic heterocycles. The number of imidazole rings is 1. The lowest BCUT2D eigenvalue weighted by Crippen LogP contribution is -2.63. The van der Waals surface area contributed by atoms with Crippen LogP contribution in [0.5, 0.6) is 5.88 Å². The molecule has 0 aliphatic carbocycles. The van der Waals surface area contributed by atoms with Crippen LogP contribution in [0.3, 0.4) is 0 Å². The van der Waals surface area contributed by atoms with E-state index in [1.54, 1.807) is 27.7 Å². The summed E-state index contributed by atoms with van der Waals surface area (Å²) in [4.78, 5) is 30.0. The summed E-state index contributed by atoms with van der Waals surface area (Å²) in [5.74, 6) is -2.95. The van der Waals surface area contributed by atoms with Gasteiger partial charge in [0, 0.05) is 18.2 Å². The zero-order valence-corrected chi connectivity index (χ0v) is 19.9. The molecule has 0 spiro atoms. The van der Waals surface area contributed by atoms with E-state index >= 15 is 4.39 Å². The van der Waals surface area contributed by atoms with E-state index in [2.05, 4.69) is 10.3 Å². The van der Waals surface area contributed by atoms with Gasteiger partial charge in [0.25, 0.3) is 5.91 Å². The molecular formula is C22H24F2N4O5S. The number of nitrogens with zero attached hydrogens (tertiary/aromatic N) is 3. The van der Waals surface area contributed by atoms with Crippen LogP contribution in [-0.4, -0.2) is 52.1 Å². The number of fused-ring (bicyclic) bond motifs is 1. The number of aromatic nitrogens is 3. The average Bonchev–Trinajstić information content (AvgIpc) is 2.98. The zero-order chi connectivity index (χ0) is 25.0. The minimum absolute atomic E-state index is 0.0535. The molecular weight excluding hydrogens is 470 g/mol. The fourth-order valence-electron chi connectivity index (χ4n) is 4.29. The summed E-state index contributed by atoms with van der Waals surface area (Å²) in [5.41, 5.74) is -1.89. The van der Waals surface area contributed by atoms with Crippen LogP contribution in [0, 0.1) is 11.6 Å². The Hall–Kier alpha value is -3.28. The first kappa shape index (κ1) is 23.9. The lowest BCUT2D eigenvalue weighted by molar-refractivity contribution is 0.0913. The van der Waals surface area contributed by atoms with Crippen LogP contribution in [0.4, 0.5) is 8.78 Å². The van der Waals surface area contributed by atoms with Crippen molar-refractivity contribution in [3.05, 3.63) is 52.1 Å². The van der Waals surface area contributed by atoms with Gasteiger partial charge < -0.3 is 10.1 Å². The number of sulfone groups is 1. The number of hydrogen-bond donors (Lipinski definition) is 1. The van der Waals surface area contributed by atoms with E-state index in [4.69, 9.17) is 4.74 Å². The maximum Gasteiger partial charge on any atom is 0.334 e. The number of ether oxygens (including phenoxy) is 1. The molecule has 3 heterocycles. The maximum atomic E-state index is 15.1. The average molecular weight is 495 g/mol. The number of benzene rings is 1. The van der Waals surface area contributed by atoms with Gasteiger partial charge >= 0.3 is 5.69 Å². The predicted molar refractivity (Wildman–Crippen MR) is 121 cm³/mol. The highest BCUT2D eigenvalue weighted by Crippen LogP contribution is 2.28. The summed E-state index contributed by atoms with van der Waals surface area (Å²) in [5, 5.41) is 2.57. The highest BCUT2D eigenvalue weighted by Gasteiger charge is 2.46. The van der Waals surface area contributed by atoms with Gasteiger partial charge in [0.05, 0.1) is 52.1 Å². The maximum absolute atomic E-state index is 15.1. The Labute approximate surface area is 194 Å². The first-order chi connectivity index (χ1) is 15.9. The van der Waals surface area contributed by atoms with Gasteiger partial charge in [-0.05, 0) is 33.8 Å². The second kappa shape index (κ2) is 8.19. The highest BCUT2D eigenvalue weighted by molar-refractivity contribution is 7.93. The lowest BCUT2D eigenvalue weighted by atomic mass is 10.1. The molecule has 34 heavy (non-hydrogen) atoms. The summed E-state index contributed by atoms with van der Waals surface area (Å²) >= 11 is 0. The van der Waals surface area contributed by atoms with Crippen molar-refractivity contribution < 1.29 is 26.7 Å². The van der Waals surface area contributed by atoms with Crippen molar-refractivity contribution in [2.45, 2.75) is 39.3 Å². The van der Waals surface area contributed by atoms with Gasteiger partial charge in [-0.1, -0.05) is 0 Å². The quantitative estimate of drug-likeness (QED) is 0.563. The van der Waals surface area contributed by atoms with E-state index < -0.39 is 44.6 Å². The van der Waals surface area contributed by atoms with Gasteiger partial charge in [0.1, 0.15) is 5.82 Å². The largest absolute Gasteiger partial charge is 0.478 e. The number of amides is 1. The number of rotatable bonds is 6. The number of nitrogens with one attached hydrogen (secondary N) is 1. The van der Waals surface area contributed by atoms with E-state index in [1.807, 2.05) is 0 Å². The van der Waals surface area contributed by atoms with Crippen molar-refractivity contribution in [3.63, 3.8) is 0 Å². The minimum atomic E-state index is -3.23. The first-order valence-electron chi connectivity index (χ1n) is 10.6. The molecule has 0 bridgehead atoms. The third-order valence-electron chi connectivity index (χ3n) is 5.56. The van der Waals surface area contributed by atoms with Gasteiger partial charge in [-0.2, -0.15) is 0 Å². The molecule has 0 atom stereocenters. The molecule has 1 aromatic carbocycles. The topological polar surface area (TPSA) is 112 Å². The molecule has 12 heteroatoms. The molecule has 1 N–H and O–H groups in total. The molecule has 0 unspecified atom stereocenters. The van der Waals surface area contributed by atoms with Gasteiger partial charge in [-0.3, -0.25) is 13.9 Å². The van der Waals surface area contributed by atoms with Crippen LogP contribution in [0.15, 0.2) is 29.2 Å². The van der Waals surface area contributed by atoms with E-state index in [-0.39, 0.29) is 46.3 Å². The van der Waals surface area contributed by atoms with Crippen molar-refractivity contribution in [2.24, 2.45) is 0 Å². The molecule has 1 amide bonds. The van der Waals surface area contributed by atoms with Crippen LogP contribution in [0.25, 0.3) is 16.7 Å². The van der Waals surface area contributed by atoms with Crippen molar-refractivity contribution in [2.75, 3.05) is 18.1 Å². The van der Waals surface area contributed by atoms with Crippen molar-refractivity contribution in [3.8, 4) is 11.6 Å². The Kier molecular flexibility index (Phi) is 5.75. The molecule has 1 aliphatic rings.